The van der Waals surface area contributed by atoms with Gasteiger partial charge in [-0.25, -0.2) is 0 Å². The molecule has 0 bridgehead atoms. The first-order chi connectivity index (χ1) is 7.68. The van der Waals surface area contributed by atoms with Gasteiger partial charge in [-0.15, -0.1) is 0 Å². The number of hydrogen-bond donors (Lipinski definition) is 0. The Labute approximate surface area is 92.8 Å². The number of hydrogen-bond acceptors (Lipinski definition) is 3. The molecule has 4 heteroatoms. The Bertz CT molecular complexity index is 468. The molecule has 1 unspecified atom stereocenters. The average Bonchev–Trinajstić information content (AvgIpc) is 2.78. The van der Waals surface area contributed by atoms with Crippen LogP contribution in [0.25, 0.3) is 0 Å². The van der Waals surface area contributed by atoms with E-state index >= 15 is 0 Å². The maximum Gasteiger partial charge on any atom is 0.241 e. The van der Waals surface area contributed by atoms with Gasteiger partial charge in [0.05, 0.1) is 6.26 Å². The highest BCUT2D eigenvalue weighted by Crippen LogP contribution is 2.16. The lowest BCUT2D eigenvalue weighted by Gasteiger charge is -2.04. The van der Waals surface area contributed by atoms with Gasteiger partial charge in [0.2, 0.25) is 17.5 Å². The summed E-state index contributed by atoms with van der Waals surface area (Å²) in [5.41, 5.74) is 0.469. The lowest BCUT2D eigenvalue weighted by Crippen LogP contribution is -2.22. The normalized spacial score (nSPS) is 19.7. The molecular formula is C12H12NO3+. The van der Waals surface area contributed by atoms with Crippen molar-refractivity contribution < 1.29 is 14.0 Å². The van der Waals surface area contributed by atoms with Gasteiger partial charge in [0.25, 0.3) is 0 Å². The van der Waals surface area contributed by atoms with Crippen LogP contribution in [0, 0.1) is 4.91 Å². The molecule has 1 aromatic rings. The second kappa shape index (κ2) is 4.26. The van der Waals surface area contributed by atoms with E-state index in [9.17, 15) is 9.70 Å². The van der Waals surface area contributed by atoms with Crippen LogP contribution in [-0.2, 0) is 0 Å². The molecule has 16 heavy (non-hydrogen) atoms. The van der Waals surface area contributed by atoms with Crippen molar-refractivity contribution in [3.05, 3.63) is 53.0 Å². The molecule has 0 spiro atoms. The van der Waals surface area contributed by atoms with Crippen molar-refractivity contribution >= 4 is 5.78 Å². The van der Waals surface area contributed by atoms with Gasteiger partial charge in [0.15, 0.2) is 5.76 Å². The second-order valence-corrected chi connectivity index (χ2v) is 3.69. The predicted octanol–water partition coefficient (Wildman–Crippen LogP) is 2.47. The fraction of sp³-hybridized carbons (Fsp3) is 0.250. The molecule has 0 fully saturated rings. The van der Waals surface area contributed by atoms with E-state index in [2.05, 4.69) is 0 Å². The molecule has 1 aliphatic heterocycles. The minimum Gasteiger partial charge on any atom is -0.461 e. The number of allylic oxidation sites excluding steroid dienone is 3. The maximum absolute atomic E-state index is 11.7. The van der Waals surface area contributed by atoms with Gasteiger partial charge in [0.1, 0.15) is 6.42 Å². The first-order valence-corrected chi connectivity index (χ1v) is 5.09. The van der Waals surface area contributed by atoms with Gasteiger partial charge in [-0.2, -0.15) is 0 Å². The Morgan fingerprint density at radius 1 is 1.56 bits per heavy atom. The lowest BCUT2D eigenvalue weighted by atomic mass is 10.1. The summed E-state index contributed by atoms with van der Waals surface area (Å²) >= 11 is 0. The highest BCUT2D eigenvalue weighted by molar-refractivity contribution is 5.94. The third-order valence-corrected chi connectivity index (χ3v) is 2.47. The summed E-state index contributed by atoms with van der Waals surface area (Å²) in [5, 5.41) is 0. The van der Waals surface area contributed by atoms with Crippen LogP contribution >= 0.6 is 0 Å². The SMILES string of the molecule is CC1C=CC=C(CC(=O)c2ccco2)[N+]1=O. The average molecular weight is 218 g/mol. The van der Waals surface area contributed by atoms with E-state index in [1.165, 1.54) is 6.26 Å². The van der Waals surface area contributed by atoms with E-state index in [-0.39, 0.29) is 24.0 Å². The molecule has 0 aliphatic carbocycles. The third-order valence-electron chi connectivity index (χ3n) is 2.47. The number of carbonyl (C=O) groups excluding carboxylic acids is 1. The number of carbonyl (C=O) groups is 1. The second-order valence-electron chi connectivity index (χ2n) is 3.69. The lowest BCUT2D eigenvalue weighted by molar-refractivity contribution is -0.525. The van der Waals surface area contributed by atoms with E-state index in [1.807, 2.05) is 0 Å². The number of rotatable bonds is 3. The van der Waals surface area contributed by atoms with Gasteiger partial charge in [-0.05, 0) is 18.2 Å². The summed E-state index contributed by atoms with van der Waals surface area (Å²) < 4.78 is 5.83. The van der Waals surface area contributed by atoms with Crippen LogP contribution in [0.5, 0.6) is 0 Å². The third kappa shape index (κ3) is 2.00. The van der Waals surface area contributed by atoms with Crippen LogP contribution in [0.3, 0.4) is 0 Å². The van der Waals surface area contributed by atoms with Crippen LogP contribution in [0.15, 0.2) is 46.7 Å². The topological polar surface area (TPSA) is 50.3 Å². The van der Waals surface area contributed by atoms with Gasteiger partial charge in [-0.1, -0.05) is 6.08 Å². The van der Waals surface area contributed by atoms with Crippen LogP contribution in [0.1, 0.15) is 23.9 Å². The molecule has 4 nitrogen and oxygen atoms in total. The van der Waals surface area contributed by atoms with Crippen LogP contribution in [0.4, 0.5) is 0 Å². The molecule has 82 valence electrons. The Morgan fingerprint density at radius 3 is 3.06 bits per heavy atom. The fourth-order valence-corrected chi connectivity index (χ4v) is 1.57. The van der Waals surface area contributed by atoms with Crippen LogP contribution < -0.4 is 0 Å². The molecule has 1 aromatic heterocycles. The van der Waals surface area contributed by atoms with Crippen molar-refractivity contribution in [1.29, 1.82) is 0 Å². The van der Waals surface area contributed by atoms with Crippen molar-refractivity contribution in [2.75, 3.05) is 0 Å². The van der Waals surface area contributed by atoms with Crippen molar-refractivity contribution in [3.8, 4) is 0 Å². The molecule has 0 saturated carbocycles. The Balaban J connectivity index is 2.11. The van der Waals surface area contributed by atoms with Gasteiger partial charge >= 0.3 is 0 Å². The summed E-state index contributed by atoms with van der Waals surface area (Å²) in [6.45, 7) is 1.79. The number of nitrogens with zero attached hydrogens (tertiary/aromatic N) is 1. The zero-order chi connectivity index (χ0) is 11.5. The largest absolute Gasteiger partial charge is 0.461 e. The molecule has 0 aromatic carbocycles. The van der Waals surface area contributed by atoms with E-state index in [1.54, 1.807) is 37.3 Å². The summed E-state index contributed by atoms with van der Waals surface area (Å²) in [6, 6.07) is 3.03. The highest BCUT2D eigenvalue weighted by Gasteiger charge is 2.28. The van der Waals surface area contributed by atoms with Gasteiger partial charge in [0, 0.05) is 22.7 Å². The summed E-state index contributed by atoms with van der Waals surface area (Å²) in [7, 11) is 0. The molecule has 1 aliphatic rings. The van der Waals surface area contributed by atoms with Crippen LogP contribution in [-0.4, -0.2) is 16.6 Å². The smallest absolute Gasteiger partial charge is 0.241 e. The molecule has 2 rings (SSSR count). The molecular weight excluding hydrogens is 206 g/mol. The van der Waals surface area contributed by atoms with E-state index in [0.29, 0.717) is 5.70 Å². The van der Waals surface area contributed by atoms with Crippen molar-refractivity contribution in [1.82, 2.24) is 0 Å². The molecule has 2 heterocycles. The number of ketones is 1. The molecule has 1 atom stereocenters. The molecule has 0 radical (unpaired) electrons. The fourth-order valence-electron chi connectivity index (χ4n) is 1.57. The zero-order valence-corrected chi connectivity index (χ0v) is 8.92. The highest BCUT2D eigenvalue weighted by atomic mass is 16.3. The Kier molecular flexibility index (Phi) is 2.81. The summed E-state index contributed by atoms with van der Waals surface area (Å²) in [4.78, 5) is 23.3. The van der Waals surface area contributed by atoms with Gasteiger partial charge in [-0.3, -0.25) is 4.79 Å². The van der Waals surface area contributed by atoms with Crippen molar-refractivity contribution in [2.45, 2.75) is 19.4 Å². The van der Waals surface area contributed by atoms with Gasteiger partial charge < -0.3 is 4.42 Å². The minimum absolute atomic E-state index is 0.0751. The molecule has 0 saturated heterocycles. The number of furan rings is 1. The van der Waals surface area contributed by atoms with E-state index < -0.39 is 0 Å². The van der Waals surface area contributed by atoms with E-state index in [0.717, 1.165) is 4.76 Å². The number of nitroso groups, excluding NO2 is 1. The monoisotopic (exact) mass is 218 g/mol. The summed E-state index contributed by atoms with van der Waals surface area (Å²) in [5.74, 6) is 0.108. The standard InChI is InChI=1S/C12H12NO3/c1-9-4-2-5-10(13(9)15)8-11(14)12-6-3-7-16-12/h2-7,9H,8H2,1H3/q+1. The predicted molar refractivity (Wildman–Crippen MR) is 58.0 cm³/mol. The van der Waals surface area contributed by atoms with Crippen LogP contribution in [0.2, 0.25) is 0 Å². The van der Waals surface area contributed by atoms with Crippen molar-refractivity contribution in [2.24, 2.45) is 0 Å². The minimum atomic E-state index is -0.218. The Hall–Kier alpha value is -1.97. The zero-order valence-electron chi connectivity index (χ0n) is 8.92. The first-order valence-electron chi connectivity index (χ1n) is 5.09. The molecule has 0 N–H and O–H groups in total. The van der Waals surface area contributed by atoms with Crippen molar-refractivity contribution in [3.63, 3.8) is 0 Å². The molecule has 0 amide bonds. The summed E-state index contributed by atoms with van der Waals surface area (Å²) in [6.07, 6.45) is 6.76. The van der Waals surface area contributed by atoms with E-state index in [4.69, 9.17) is 4.42 Å². The Morgan fingerprint density at radius 2 is 2.38 bits per heavy atom. The quantitative estimate of drug-likeness (QED) is 0.578. The maximum atomic E-state index is 11.7. The number of Topliss-reactive ketones (excluding diaryl/α,β-unsaturated/α-hetero) is 1. The first kappa shape index (κ1) is 10.5.